The first-order valence-corrected chi connectivity index (χ1v) is 7.41. The minimum Gasteiger partial charge on any atom is -0.481 e. The van der Waals surface area contributed by atoms with Gasteiger partial charge in [0, 0.05) is 6.54 Å². The number of nitrogens with zero attached hydrogens (tertiary/aromatic N) is 1. The van der Waals surface area contributed by atoms with Crippen molar-refractivity contribution in [3.05, 3.63) is 0 Å². The van der Waals surface area contributed by atoms with Crippen LogP contribution in [0, 0.1) is 0 Å². The van der Waals surface area contributed by atoms with Gasteiger partial charge in [-0.1, -0.05) is 0 Å². The molecule has 0 aliphatic carbocycles. The Morgan fingerprint density at radius 2 is 1.68 bits per heavy atom. The second-order valence-corrected chi connectivity index (χ2v) is 5.28. The summed E-state index contributed by atoms with van der Waals surface area (Å²) in [5, 5.41) is 22.2. The maximum atomic E-state index is 12.0. The van der Waals surface area contributed by atoms with E-state index in [0.29, 0.717) is 6.42 Å². The van der Waals surface area contributed by atoms with Crippen molar-refractivity contribution in [2.45, 2.75) is 44.3 Å². The molecule has 10 N–H and O–H groups in total. The number of nitrogens with one attached hydrogen (secondary N) is 2. The second kappa shape index (κ2) is 10.8. The normalized spacial score (nSPS) is 13.8. The molecule has 2 amide bonds. The van der Waals surface area contributed by atoms with Gasteiger partial charge in [0.05, 0.1) is 12.5 Å². The molecule has 0 aliphatic rings. The highest BCUT2D eigenvalue weighted by atomic mass is 16.4. The van der Waals surface area contributed by atoms with Crippen LogP contribution < -0.4 is 27.8 Å². The topological polar surface area (TPSA) is 223 Å². The van der Waals surface area contributed by atoms with E-state index in [1.165, 1.54) is 6.92 Å². The number of guanidine groups is 1. The summed E-state index contributed by atoms with van der Waals surface area (Å²) in [4.78, 5) is 49.0. The standard InChI is InChI=1S/C13H24N6O6/c1-6(18-11(23)7(14)5-9(20)21)10(22)19-8(12(24)25)3-2-4-17-13(15)16/h6-8H,2-5,14H2,1H3,(H,18,23)(H,19,22)(H,20,21)(H,24,25)(H4,15,16,17). The number of rotatable bonds is 11. The smallest absolute Gasteiger partial charge is 0.326 e. The molecule has 0 rings (SSSR count). The van der Waals surface area contributed by atoms with Crippen LogP contribution in [0.2, 0.25) is 0 Å². The maximum absolute atomic E-state index is 12.0. The number of carboxylic acids is 2. The number of carbonyl (C=O) groups is 4. The molecule has 3 atom stereocenters. The van der Waals surface area contributed by atoms with Gasteiger partial charge in [-0.3, -0.25) is 19.4 Å². The van der Waals surface area contributed by atoms with Gasteiger partial charge in [0.25, 0.3) is 0 Å². The SMILES string of the molecule is CC(NC(=O)C(N)CC(=O)O)C(=O)NC(CCCN=C(N)N)C(=O)O. The summed E-state index contributed by atoms with van der Waals surface area (Å²) in [5.41, 5.74) is 15.7. The maximum Gasteiger partial charge on any atom is 0.326 e. The van der Waals surface area contributed by atoms with Gasteiger partial charge in [-0.15, -0.1) is 0 Å². The van der Waals surface area contributed by atoms with E-state index in [9.17, 15) is 19.2 Å². The Hall–Kier alpha value is -2.89. The highest BCUT2D eigenvalue weighted by molar-refractivity contribution is 5.92. The van der Waals surface area contributed by atoms with Crippen molar-refractivity contribution in [1.29, 1.82) is 0 Å². The lowest BCUT2D eigenvalue weighted by Crippen LogP contribution is -2.53. The summed E-state index contributed by atoms with van der Waals surface area (Å²) in [6.45, 7) is 1.53. The first kappa shape index (κ1) is 22.1. The lowest BCUT2D eigenvalue weighted by atomic mass is 10.1. The summed E-state index contributed by atoms with van der Waals surface area (Å²) in [7, 11) is 0. The van der Waals surface area contributed by atoms with Crippen molar-refractivity contribution in [3.8, 4) is 0 Å². The van der Waals surface area contributed by atoms with Gasteiger partial charge in [0.1, 0.15) is 12.1 Å². The quantitative estimate of drug-likeness (QED) is 0.112. The van der Waals surface area contributed by atoms with Gasteiger partial charge >= 0.3 is 11.9 Å². The van der Waals surface area contributed by atoms with Crippen LogP contribution in [0.5, 0.6) is 0 Å². The molecule has 12 nitrogen and oxygen atoms in total. The Balaban J connectivity index is 4.53. The molecule has 0 heterocycles. The van der Waals surface area contributed by atoms with Gasteiger partial charge in [-0.05, 0) is 19.8 Å². The fourth-order valence-electron chi connectivity index (χ4n) is 1.72. The Morgan fingerprint density at radius 3 is 2.16 bits per heavy atom. The first-order valence-electron chi connectivity index (χ1n) is 7.41. The molecule has 0 saturated carbocycles. The van der Waals surface area contributed by atoms with E-state index in [4.69, 9.17) is 27.4 Å². The lowest BCUT2D eigenvalue weighted by molar-refractivity contribution is -0.142. The summed E-state index contributed by atoms with van der Waals surface area (Å²) < 4.78 is 0. The number of hydrogen-bond donors (Lipinski definition) is 7. The van der Waals surface area contributed by atoms with E-state index in [-0.39, 0.29) is 18.9 Å². The fraction of sp³-hybridized carbons (Fsp3) is 0.615. The molecule has 12 heteroatoms. The van der Waals surface area contributed by atoms with E-state index in [1.54, 1.807) is 0 Å². The van der Waals surface area contributed by atoms with Gasteiger partial charge in [0.15, 0.2) is 5.96 Å². The third kappa shape index (κ3) is 9.76. The molecule has 0 aromatic rings. The summed E-state index contributed by atoms with van der Waals surface area (Å²) >= 11 is 0. The average Bonchev–Trinajstić information content (AvgIpc) is 2.48. The van der Waals surface area contributed by atoms with Crippen molar-refractivity contribution in [2.24, 2.45) is 22.2 Å². The van der Waals surface area contributed by atoms with Crippen molar-refractivity contribution in [1.82, 2.24) is 10.6 Å². The van der Waals surface area contributed by atoms with Crippen LogP contribution >= 0.6 is 0 Å². The summed E-state index contributed by atoms with van der Waals surface area (Å²) in [6.07, 6.45) is -0.195. The molecular weight excluding hydrogens is 336 g/mol. The first-order chi connectivity index (χ1) is 11.5. The van der Waals surface area contributed by atoms with Crippen LogP contribution in [0.25, 0.3) is 0 Å². The molecule has 0 spiro atoms. The highest BCUT2D eigenvalue weighted by Crippen LogP contribution is 2.00. The largest absolute Gasteiger partial charge is 0.481 e. The predicted molar refractivity (Wildman–Crippen MR) is 87.3 cm³/mol. The molecule has 142 valence electrons. The van der Waals surface area contributed by atoms with Gasteiger partial charge in [0.2, 0.25) is 11.8 Å². The Bertz CT molecular complexity index is 533. The monoisotopic (exact) mass is 360 g/mol. The Labute approximate surface area is 143 Å². The number of aliphatic carboxylic acids is 2. The predicted octanol–water partition coefficient (Wildman–Crippen LogP) is -3.08. The van der Waals surface area contributed by atoms with Crippen LogP contribution in [0.15, 0.2) is 4.99 Å². The van der Waals surface area contributed by atoms with E-state index >= 15 is 0 Å². The molecule has 0 radical (unpaired) electrons. The lowest BCUT2D eigenvalue weighted by Gasteiger charge is -2.19. The Kier molecular flexibility index (Phi) is 9.56. The molecule has 0 aliphatic heterocycles. The van der Waals surface area contributed by atoms with Crippen LogP contribution in [0.3, 0.4) is 0 Å². The molecule has 25 heavy (non-hydrogen) atoms. The zero-order valence-electron chi connectivity index (χ0n) is 13.8. The average molecular weight is 360 g/mol. The molecule has 0 aromatic heterocycles. The summed E-state index contributed by atoms with van der Waals surface area (Å²) in [6, 6.07) is -3.59. The number of aliphatic imine (C=N–C) groups is 1. The zero-order chi connectivity index (χ0) is 19.6. The molecule has 3 unspecified atom stereocenters. The van der Waals surface area contributed by atoms with Crippen molar-refractivity contribution in [2.75, 3.05) is 6.54 Å². The van der Waals surface area contributed by atoms with Crippen molar-refractivity contribution >= 4 is 29.7 Å². The van der Waals surface area contributed by atoms with Crippen LogP contribution in [0.1, 0.15) is 26.2 Å². The number of hydrogen-bond acceptors (Lipinski definition) is 6. The van der Waals surface area contributed by atoms with Crippen molar-refractivity contribution < 1.29 is 29.4 Å². The van der Waals surface area contributed by atoms with E-state index in [1.807, 2.05) is 0 Å². The van der Waals surface area contributed by atoms with Gasteiger partial charge in [-0.2, -0.15) is 0 Å². The van der Waals surface area contributed by atoms with Crippen LogP contribution in [0.4, 0.5) is 0 Å². The van der Waals surface area contributed by atoms with Crippen LogP contribution in [-0.4, -0.2) is 64.6 Å². The number of carboxylic acid groups (broad SMARTS) is 2. The van der Waals surface area contributed by atoms with E-state index < -0.39 is 48.3 Å². The van der Waals surface area contributed by atoms with Gasteiger partial charge < -0.3 is 38.0 Å². The van der Waals surface area contributed by atoms with E-state index in [2.05, 4.69) is 15.6 Å². The number of carbonyl (C=O) groups excluding carboxylic acids is 2. The molecule has 0 saturated heterocycles. The minimum absolute atomic E-state index is 0.0804. The summed E-state index contributed by atoms with van der Waals surface area (Å²) in [5.74, 6) is -4.20. The van der Waals surface area contributed by atoms with Gasteiger partial charge in [-0.25, -0.2) is 4.79 Å². The fourth-order valence-corrected chi connectivity index (χ4v) is 1.72. The van der Waals surface area contributed by atoms with E-state index in [0.717, 1.165) is 0 Å². The Morgan fingerprint density at radius 1 is 1.08 bits per heavy atom. The number of nitrogens with two attached hydrogens (primary N) is 3. The number of amides is 2. The molecule has 0 bridgehead atoms. The zero-order valence-corrected chi connectivity index (χ0v) is 13.8. The molecule has 0 aromatic carbocycles. The highest BCUT2D eigenvalue weighted by Gasteiger charge is 2.25. The van der Waals surface area contributed by atoms with Crippen LogP contribution in [-0.2, 0) is 19.2 Å². The third-order valence-corrected chi connectivity index (χ3v) is 3.04. The third-order valence-electron chi connectivity index (χ3n) is 3.04. The minimum atomic E-state index is -1.32. The van der Waals surface area contributed by atoms with Crippen molar-refractivity contribution in [3.63, 3.8) is 0 Å². The molecular formula is C13H24N6O6. The molecule has 0 fully saturated rings. The second-order valence-electron chi connectivity index (χ2n) is 5.28.